The Morgan fingerprint density at radius 1 is 1.50 bits per heavy atom. The molecule has 50 valence electrons. The summed E-state index contributed by atoms with van der Waals surface area (Å²) in [4.78, 5) is 0. The standard InChI is InChI=1S/C5H13NOS/c1-8(7)5-3-2-4-6/h2-6H2,1H3/t8-/m1/s1. The third kappa shape index (κ3) is 6.11. The van der Waals surface area contributed by atoms with Gasteiger partial charge in [-0.1, -0.05) is 0 Å². The third-order valence-electron chi connectivity index (χ3n) is 0.886. The van der Waals surface area contributed by atoms with Gasteiger partial charge in [0, 0.05) is 22.8 Å². The highest BCUT2D eigenvalue weighted by Crippen LogP contribution is 1.86. The van der Waals surface area contributed by atoms with Crippen molar-refractivity contribution in [3.63, 3.8) is 0 Å². The van der Waals surface area contributed by atoms with Crippen LogP contribution in [0, 0.1) is 0 Å². The van der Waals surface area contributed by atoms with Gasteiger partial charge in [-0.15, -0.1) is 0 Å². The lowest BCUT2D eigenvalue weighted by Gasteiger charge is -1.91. The molecule has 3 heteroatoms. The van der Waals surface area contributed by atoms with Crippen molar-refractivity contribution in [2.75, 3.05) is 18.6 Å². The molecule has 0 fully saturated rings. The normalized spacial score (nSPS) is 13.8. The first kappa shape index (κ1) is 8.11. The Hall–Kier alpha value is 0.110. The van der Waals surface area contributed by atoms with Crippen LogP contribution in [0.5, 0.6) is 0 Å². The van der Waals surface area contributed by atoms with Crippen molar-refractivity contribution < 1.29 is 4.21 Å². The lowest BCUT2D eigenvalue weighted by Crippen LogP contribution is -2.01. The molecule has 0 rings (SSSR count). The Kier molecular flexibility index (Phi) is 5.32. The fraction of sp³-hybridized carbons (Fsp3) is 1.00. The van der Waals surface area contributed by atoms with E-state index in [-0.39, 0.29) is 0 Å². The zero-order valence-electron chi connectivity index (χ0n) is 5.22. The molecule has 0 amide bonds. The molecule has 0 bridgehead atoms. The monoisotopic (exact) mass is 135 g/mol. The second kappa shape index (κ2) is 5.25. The van der Waals surface area contributed by atoms with Crippen LogP contribution in [0.3, 0.4) is 0 Å². The molecule has 0 aromatic heterocycles. The van der Waals surface area contributed by atoms with Gasteiger partial charge in [0.15, 0.2) is 0 Å². The van der Waals surface area contributed by atoms with Crippen molar-refractivity contribution in [2.45, 2.75) is 12.8 Å². The summed E-state index contributed by atoms with van der Waals surface area (Å²) in [7, 11) is -0.623. The molecular formula is C5H13NOS. The van der Waals surface area contributed by atoms with Crippen LogP contribution in [0.4, 0.5) is 0 Å². The predicted molar refractivity (Wildman–Crippen MR) is 37.2 cm³/mol. The quantitative estimate of drug-likeness (QED) is 0.556. The van der Waals surface area contributed by atoms with E-state index < -0.39 is 10.8 Å². The third-order valence-corrected chi connectivity index (χ3v) is 1.75. The zero-order valence-corrected chi connectivity index (χ0v) is 6.04. The Bertz CT molecular complexity index is 74.8. The van der Waals surface area contributed by atoms with Crippen LogP contribution in [0.15, 0.2) is 0 Å². The van der Waals surface area contributed by atoms with Gasteiger partial charge in [0.2, 0.25) is 0 Å². The minimum Gasteiger partial charge on any atom is -0.330 e. The lowest BCUT2D eigenvalue weighted by molar-refractivity contribution is 0.682. The van der Waals surface area contributed by atoms with Crippen LogP contribution >= 0.6 is 0 Å². The molecule has 0 aliphatic carbocycles. The Morgan fingerprint density at radius 2 is 2.12 bits per heavy atom. The fourth-order valence-corrected chi connectivity index (χ4v) is 1.06. The van der Waals surface area contributed by atoms with E-state index in [1.807, 2.05) is 0 Å². The van der Waals surface area contributed by atoms with Crippen molar-refractivity contribution in [1.82, 2.24) is 0 Å². The maximum absolute atomic E-state index is 10.4. The van der Waals surface area contributed by atoms with Crippen LogP contribution in [0.25, 0.3) is 0 Å². The molecule has 0 aliphatic rings. The number of hydrogen-bond acceptors (Lipinski definition) is 2. The molecule has 0 spiro atoms. The van der Waals surface area contributed by atoms with Gasteiger partial charge in [-0.2, -0.15) is 0 Å². The largest absolute Gasteiger partial charge is 0.330 e. The highest BCUT2D eigenvalue weighted by molar-refractivity contribution is 7.84. The molecule has 0 radical (unpaired) electrons. The molecule has 0 unspecified atom stereocenters. The average Bonchev–Trinajstić information content (AvgIpc) is 1.66. The summed E-state index contributed by atoms with van der Waals surface area (Å²) in [6.07, 6.45) is 3.72. The van der Waals surface area contributed by atoms with Crippen LogP contribution in [0.2, 0.25) is 0 Å². The van der Waals surface area contributed by atoms with E-state index in [4.69, 9.17) is 5.73 Å². The first-order chi connectivity index (χ1) is 3.77. The predicted octanol–water partition coefficient (Wildman–Crippen LogP) is 0.104. The molecular weight excluding hydrogens is 122 g/mol. The van der Waals surface area contributed by atoms with E-state index >= 15 is 0 Å². The molecule has 0 aromatic carbocycles. The minimum absolute atomic E-state index is 0.623. The molecule has 0 aliphatic heterocycles. The van der Waals surface area contributed by atoms with Crippen LogP contribution < -0.4 is 5.73 Å². The highest BCUT2D eigenvalue weighted by atomic mass is 32.2. The maximum Gasteiger partial charge on any atom is 0.0232 e. The summed E-state index contributed by atoms with van der Waals surface area (Å²) in [5.74, 6) is 0.803. The number of rotatable bonds is 4. The van der Waals surface area contributed by atoms with Gasteiger partial charge < -0.3 is 5.73 Å². The van der Waals surface area contributed by atoms with Crippen LogP contribution in [-0.2, 0) is 10.8 Å². The van der Waals surface area contributed by atoms with Crippen molar-refractivity contribution in [3.05, 3.63) is 0 Å². The van der Waals surface area contributed by atoms with E-state index in [0.717, 1.165) is 25.1 Å². The first-order valence-corrected chi connectivity index (χ1v) is 4.50. The van der Waals surface area contributed by atoms with Crippen LogP contribution in [-0.4, -0.2) is 22.8 Å². The van der Waals surface area contributed by atoms with Crippen LogP contribution in [0.1, 0.15) is 12.8 Å². The van der Waals surface area contributed by atoms with Gasteiger partial charge >= 0.3 is 0 Å². The first-order valence-electron chi connectivity index (χ1n) is 2.77. The summed E-state index contributed by atoms with van der Waals surface area (Å²) in [6, 6.07) is 0. The Balaban J connectivity index is 2.82. The summed E-state index contributed by atoms with van der Waals surface area (Å²) in [5, 5.41) is 0. The van der Waals surface area contributed by atoms with Gasteiger partial charge in [-0.05, 0) is 19.4 Å². The molecule has 0 aromatic rings. The fourth-order valence-electron chi connectivity index (χ4n) is 0.450. The van der Waals surface area contributed by atoms with Gasteiger partial charge in [0.05, 0.1) is 0 Å². The SMILES string of the molecule is C[S@@](=O)CCCCN. The van der Waals surface area contributed by atoms with Gasteiger partial charge in [0.25, 0.3) is 0 Å². The van der Waals surface area contributed by atoms with E-state index in [1.165, 1.54) is 0 Å². The van der Waals surface area contributed by atoms with Gasteiger partial charge in [0.1, 0.15) is 0 Å². The van der Waals surface area contributed by atoms with E-state index in [0.29, 0.717) is 0 Å². The molecule has 0 heterocycles. The van der Waals surface area contributed by atoms with E-state index in [2.05, 4.69) is 0 Å². The number of unbranched alkanes of at least 4 members (excludes halogenated alkanes) is 1. The average molecular weight is 135 g/mol. The molecule has 2 nitrogen and oxygen atoms in total. The topological polar surface area (TPSA) is 43.1 Å². The lowest BCUT2D eigenvalue weighted by atomic mass is 10.3. The Morgan fingerprint density at radius 3 is 2.50 bits per heavy atom. The summed E-state index contributed by atoms with van der Waals surface area (Å²) in [6.45, 7) is 0.719. The summed E-state index contributed by atoms with van der Waals surface area (Å²) in [5.41, 5.74) is 5.22. The van der Waals surface area contributed by atoms with Crippen molar-refractivity contribution >= 4 is 10.8 Å². The second-order valence-corrected chi connectivity index (χ2v) is 3.33. The minimum atomic E-state index is -0.623. The van der Waals surface area contributed by atoms with Gasteiger partial charge in [-0.25, -0.2) is 0 Å². The zero-order chi connectivity index (χ0) is 6.41. The molecule has 0 saturated carbocycles. The smallest absolute Gasteiger partial charge is 0.0232 e. The maximum atomic E-state index is 10.4. The van der Waals surface area contributed by atoms with Crippen molar-refractivity contribution in [1.29, 1.82) is 0 Å². The second-order valence-electron chi connectivity index (χ2n) is 1.77. The number of nitrogens with two attached hydrogens (primary N) is 1. The van der Waals surface area contributed by atoms with Crippen molar-refractivity contribution in [3.8, 4) is 0 Å². The highest BCUT2D eigenvalue weighted by Gasteiger charge is 1.87. The van der Waals surface area contributed by atoms with Gasteiger partial charge in [-0.3, -0.25) is 4.21 Å². The van der Waals surface area contributed by atoms with Crippen molar-refractivity contribution in [2.24, 2.45) is 5.73 Å². The molecule has 1 atom stereocenters. The molecule has 0 saturated heterocycles. The summed E-state index contributed by atoms with van der Waals surface area (Å²) < 4.78 is 10.4. The molecule has 2 N–H and O–H groups in total. The number of hydrogen-bond donors (Lipinski definition) is 1. The summed E-state index contributed by atoms with van der Waals surface area (Å²) >= 11 is 0. The van der Waals surface area contributed by atoms with E-state index in [9.17, 15) is 4.21 Å². The van der Waals surface area contributed by atoms with E-state index in [1.54, 1.807) is 6.26 Å². The Labute approximate surface area is 52.9 Å². The molecule has 8 heavy (non-hydrogen) atoms.